The number of aromatic nitrogens is 1. The summed E-state index contributed by atoms with van der Waals surface area (Å²) in [6, 6.07) is 1.43. The summed E-state index contributed by atoms with van der Waals surface area (Å²) >= 11 is 9.02. The Balaban J connectivity index is 2.02. The molecule has 0 bridgehead atoms. The number of aliphatic hydroxyl groups excluding tert-OH is 1. The Labute approximate surface area is 131 Å². The van der Waals surface area contributed by atoms with Crippen LogP contribution in [0.4, 0.5) is 0 Å². The second kappa shape index (κ2) is 6.70. The Hall–Kier alpha value is -0.210. The number of aliphatic hydroxyl groups is 1. The summed E-state index contributed by atoms with van der Waals surface area (Å²) in [4.78, 5) is 3.79. The lowest BCUT2D eigenvalue weighted by molar-refractivity contribution is 0.109. The third kappa shape index (κ3) is 4.14. The minimum absolute atomic E-state index is 0.0237. The lowest BCUT2D eigenvalue weighted by Gasteiger charge is -2.25. The number of nitrogens with zero attached hydrogens (tertiary/aromatic N) is 1. The number of nitrogens with one attached hydrogen (secondary N) is 1. The molecule has 0 spiro atoms. The van der Waals surface area contributed by atoms with Crippen molar-refractivity contribution >= 4 is 37.6 Å². The zero-order valence-corrected chi connectivity index (χ0v) is 13.9. The smallest absolute Gasteiger partial charge is 0.243 e. The molecular formula is C12H16BrClN2O3S. The molecule has 0 unspecified atom stereocenters. The first kappa shape index (κ1) is 16.2. The molecule has 1 saturated carbocycles. The molecule has 112 valence electrons. The summed E-state index contributed by atoms with van der Waals surface area (Å²) in [7, 11) is -3.66. The molecule has 0 atom stereocenters. The van der Waals surface area contributed by atoms with Crippen molar-refractivity contribution in [2.45, 2.75) is 36.7 Å². The fourth-order valence-electron chi connectivity index (χ4n) is 2.25. The number of halogens is 2. The summed E-state index contributed by atoms with van der Waals surface area (Å²) in [6.45, 7) is 0.359. The second-order valence-electron chi connectivity index (χ2n) is 4.97. The van der Waals surface area contributed by atoms with Gasteiger partial charge >= 0.3 is 0 Å². The zero-order valence-electron chi connectivity index (χ0n) is 10.7. The summed E-state index contributed by atoms with van der Waals surface area (Å²) in [6.07, 6.45) is 4.31. The minimum atomic E-state index is -3.66. The van der Waals surface area contributed by atoms with E-state index in [1.807, 2.05) is 0 Å². The predicted octanol–water partition coefficient (Wildman–Crippen LogP) is 2.33. The number of hydrogen-bond donors (Lipinski definition) is 2. The van der Waals surface area contributed by atoms with Crippen LogP contribution in [-0.2, 0) is 10.0 Å². The Kier molecular flexibility index (Phi) is 5.42. The maximum absolute atomic E-state index is 12.2. The van der Waals surface area contributed by atoms with Gasteiger partial charge in [0, 0.05) is 17.2 Å². The van der Waals surface area contributed by atoms with Gasteiger partial charge in [0.05, 0.1) is 6.10 Å². The van der Waals surface area contributed by atoms with E-state index in [9.17, 15) is 13.5 Å². The van der Waals surface area contributed by atoms with E-state index in [4.69, 9.17) is 11.6 Å². The molecule has 1 fully saturated rings. The molecule has 0 radical (unpaired) electrons. The van der Waals surface area contributed by atoms with Crippen LogP contribution in [0.25, 0.3) is 0 Å². The van der Waals surface area contributed by atoms with Crippen LogP contribution in [-0.4, -0.2) is 31.2 Å². The molecule has 1 aliphatic rings. The van der Waals surface area contributed by atoms with E-state index in [2.05, 4.69) is 25.6 Å². The molecule has 8 heteroatoms. The van der Waals surface area contributed by atoms with Gasteiger partial charge in [-0.15, -0.1) is 0 Å². The molecule has 5 nitrogen and oxygen atoms in total. The molecule has 20 heavy (non-hydrogen) atoms. The lowest BCUT2D eigenvalue weighted by Crippen LogP contribution is -2.32. The third-order valence-electron chi connectivity index (χ3n) is 3.44. The zero-order chi connectivity index (χ0) is 14.8. The van der Waals surface area contributed by atoms with Crippen molar-refractivity contribution in [2.24, 2.45) is 5.92 Å². The van der Waals surface area contributed by atoms with Gasteiger partial charge in [-0.2, -0.15) is 0 Å². The van der Waals surface area contributed by atoms with Crippen molar-refractivity contribution in [3.05, 3.63) is 21.9 Å². The minimum Gasteiger partial charge on any atom is -0.393 e. The first-order chi connectivity index (χ1) is 9.38. The molecular weight excluding hydrogens is 368 g/mol. The van der Waals surface area contributed by atoms with Crippen LogP contribution in [0.5, 0.6) is 0 Å². The Bertz CT molecular complexity index is 574. The monoisotopic (exact) mass is 382 g/mol. The molecule has 0 aromatic carbocycles. The van der Waals surface area contributed by atoms with E-state index in [-0.39, 0.29) is 22.1 Å². The molecule has 0 saturated heterocycles. The third-order valence-corrected chi connectivity index (χ3v) is 5.73. The van der Waals surface area contributed by atoms with Gasteiger partial charge in [-0.05, 0) is 53.6 Å². The highest BCUT2D eigenvalue weighted by Gasteiger charge is 2.23. The molecule has 1 heterocycles. The molecule has 0 amide bonds. The molecule has 1 aromatic heterocycles. The topological polar surface area (TPSA) is 79.3 Å². The van der Waals surface area contributed by atoms with Crippen LogP contribution in [0.2, 0.25) is 5.15 Å². The van der Waals surface area contributed by atoms with Gasteiger partial charge in [-0.1, -0.05) is 11.6 Å². The van der Waals surface area contributed by atoms with Crippen molar-refractivity contribution in [1.82, 2.24) is 9.71 Å². The van der Waals surface area contributed by atoms with Crippen molar-refractivity contribution in [3.63, 3.8) is 0 Å². The normalized spacial score (nSPS) is 23.8. The largest absolute Gasteiger partial charge is 0.393 e. The Morgan fingerprint density at radius 3 is 2.70 bits per heavy atom. The van der Waals surface area contributed by atoms with Gasteiger partial charge in [0.25, 0.3) is 0 Å². The highest BCUT2D eigenvalue weighted by atomic mass is 79.9. The van der Waals surface area contributed by atoms with E-state index in [0.717, 1.165) is 25.7 Å². The SMILES string of the molecule is O=S(=O)(NCC1CCC(O)CC1)c1cc(Br)cnc1Cl. The Morgan fingerprint density at radius 1 is 1.40 bits per heavy atom. The van der Waals surface area contributed by atoms with E-state index in [1.54, 1.807) is 0 Å². The van der Waals surface area contributed by atoms with Gasteiger partial charge in [-0.3, -0.25) is 0 Å². The molecule has 0 aliphatic heterocycles. The quantitative estimate of drug-likeness (QED) is 0.782. The van der Waals surface area contributed by atoms with Crippen molar-refractivity contribution in [1.29, 1.82) is 0 Å². The second-order valence-corrected chi connectivity index (χ2v) is 7.98. The summed E-state index contributed by atoms with van der Waals surface area (Å²) < 4.78 is 27.5. The standard InChI is InChI=1S/C12H16BrClN2O3S/c13-9-5-11(12(14)15-7-9)20(18,19)16-6-8-1-3-10(17)4-2-8/h5,7-8,10,16-17H,1-4,6H2. The van der Waals surface area contributed by atoms with Crippen LogP contribution < -0.4 is 4.72 Å². The van der Waals surface area contributed by atoms with Gasteiger partial charge in [0.15, 0.2) is 0 Å². The summed E-state index contributed by atoms with van der Waals surface area (Å²) in [5, 5.41) is 9.39. The maximum atomic E-state index is 12.2. The fourth-order valence-corrected chi connectivity index (χ4v) is 4.30. The van der Waals surface area contributed by atoms with Crippen LogP contribution in [0.3, 0.4) is 0 Å². The highest BCUT2D eigenvalue weighted by molar-refractivity contribution is 9.10. The van der Waals surface area contributed by atoms with Crippen molar-refractivity contribution in [2.75, 3.05) is 6.54 Å². The number of pyridine rings is 1. The molecule has 1 aliphatic carbocycles. The van der Waals surface area contributed by atoms with Crippen LogP contribution in [0, 0.1) is 5.92 Å². The number of sulfonamides is 1. The lowest BCUT2D eigenvalue weighted by atomic mass is 9.88. The van der Waals surface area contributed by atoms with Gasteiger partial charge in [-0.25, -0.2) is 18.1 Å². The van der Waals surface area contributed by atoms with E-state index >= 15 is 0 Å². The average Bonchev–Trinajstić information content (AvgIpc) is 2.41. The molecule has 2 rings (SSSR count). The van der Waals surface area contributed by atoms with E-state index < -0.39 is 10.0 Å². The van der Waals surface area contributed by atoms with Gasteiger partial charge < -0.3 is 5.11 Å². The van der Waals surface area contributed by atoms with Crippen LogP contribution in [0.1, 0.15) is 25.7 Å². The van der Waals surface area contributed by atoms with Crippen LogP contribution in [0.15, 0.2) is 21.6 Å². The molecule has 2 N–H and O–H groups in total. The molecule has 1 aromatic rings. The summed E-state index contributed by atoms with van der Waals surface area (Å²) in [5.41, 5.74) is 0. The number of rotatable bonds is 4. The average molecular weight is 384 g/mol. The highest BCUT2D eigenvalue weighted by Crippen LogP contribution is 2.25. The first-order valence-electron chi connectivity index (χ1n) is 6.37. The van der Waals surface area contributed by atoms with E-state index in [0.29, 0.717) is 11.0 Å². The van der Waals surface area contributed by atoms with Crippen LogP contribution >= 0.6 is 27.5 Å². The Morgan fingerprint density at radius 2 is 2.05 bits per heavy atom. The fraction of sp³-hybridized carbons (Fsp3) is 0.583. The summed E-state index contributed by atoms with van der Waals surface area (Å²) in [5.74, 6) is 0.257. The van der Waals surface area contributed by atoms with Crippen molar-refractivity contribution in [3.8, 4) is 0 Å². The predicted molar refractivity (Wildman–Crippen MR) is 80.1 cm³/mol. The van der Waals surface area contributed by atoms with E-state index in [1.165, 1.54) is 12.3 Å². The van der Waals surface area contributed by atoms with Crippen molar-refractivity contribution < 1.29 is 13.5 Å². The number of hydrogen-bond acceptors (Lipinski definition) is 4. The van der Waals surface area contributed by atoms with Gasteiger partial charge in [0.1, 0.15) is 10.0 Å². The first-order valence-corrected chi connectivity index (χ1v) is 9.02. The maximum Gasteiger partial charge on any atom is 0.243 e. The van der Waals surface area contributed by atoms with Gasteiger partial charge in [0.2, 0.25) is 10.0 Å².